The van der Waals surface area contributed by atoms with Gasteiger partial charge in [0.15, 0.2) is 5.78 Å². The Kier molecular flexibility index (Phi) is 4.11. The van der Waals surface area contributed by atoms with Gasteiger partial charge in [0.25, 0.3) is 0 Å². The number of thiophene rings is 1. The first-order chi connectivity index (χ1) is 6.50. The summed E-state index contributed by atoms with van der Waals surface area (Å²) >= 11 is 7.20. The number of Topliss-reactive ketones (excluding diaryl/α,β-unsaturated/α-hetero) is 1. The SMILES string of the molecule is CC(C)C(N)C(=O)Cc1ccc(Cl)s1. The van der Waals surface area contributed by atoms with Crippen molar-refractivity contribution in [2.45, 2.75) is 26.3 Å². The third-order valence-corrected chi connectivity index (χ3v) is 3.30. The number of carbonyl (C=O) groups is 1. The van der Waals surface area contributed by atoms with Gasteiger partial charge in [-0.25, -0.2) is 0 Å². The van der Waals surface area contributed by atoms with Crippen molar-refractivity contribution in [2.24, 2.45) is 11.7 Å². The van der Waals surface area contributed by atoms with Crippen LogP contribution in [0.15, 0.2) is 12.1 Å². The molecule has 0 aromatic carbocycles. The molecule has 0 aliphatic rings. The number of hydrogen-bond donors (Lipinski definition) is 1. The van der Waals surface area contributed by atoms with Crippen LogP contribution in [0.1, 0.15) is 18.7 Å². The van der Waals surface area contributed by atoms with E-state index in [2.05, 4.69) is 0 Å². The molecule has 0 aliphatic heterocycles. The number of ketones is 1. The van der Waals surface area contributed by atoms with E-state index in [1.165, 1.54) is 11.3 Å². The summed E-state index contributed by atoms with van der Waals surface area (Å²) in [5.41, 5.74) is 5.74. The Morgan fingerprint density at radius 3 is 2.64 bits per heavy atom. The predicted octanol–water partition coefficient (Wildman–Crippen LogP) is 2.50. The maximum atomic E-state index is 11.6. The normalized spacial score (nSPS) is 13.2. The zero-order chi connectivity index (χ0) is 10.7. The first kappa shape index (κ1) is 11.7. The molecule has 0 aliphatic carbocycles. The maximum Gasteiger partial charge on any atom is 0.154 e. The largest absolute Gasteiger partial charge is 0.321 e. The summed E-state index contributed by atoms with van der Waals surface area (Å²) in [5, 5.41) is 0. The molecule has 2 nitrogen and oxygen atoms in total. The quantitative estimate of drug-likeness (QED) is 0.865. The highest BCUT2D eigenvalue weighted by Crippen LogP contribution is 2.22. The molecule has 1 aromatic rings. The fourth-order valence-corrected chi connectivity index (χ4v) is 2.21. The third kappa shape index (κ3) is 3.08. The molecule has 2 N–H and O–H groups in total. The van der Waals surface area contributed by atoms with Crippen LogP contribution in [0.5, 0.6) is 0 Å². The van der Waals surface area contributed by atoms with Crippen molar-refractivity contribution < 1.29 is 4.79 Å². The molecule has 1 aromatic heterocycles. The zero-order valence-corrected chi connectivity index (χ0v) is 9.86. The van der Waals surface area contributed by atoms with Gasteiger partial charge in [-0.15, -0.1) is 11.3 Å². The van der Waals surface area contributed by atoms with Gasteiger partial charge in [0.1, 0.15) is 0 Å². The Hall–Kier alpha value is -0.380. The van der Waals surface area contributed by atoms with Crippen molar-refractivity contribution in [3.05, 3.63) is 21.3 Å². The number of carbonyl (C=O) groups excluding carboxylic acids is 1. The summed E-state index contributed by atoms with van der Waals surface area (Å²) in [6.07, 6.45) is 0.400. The summed E-state index contributed by atoms with van der Waals surface area (Å²) in [7, 11) is 0. The number of hydrogen-bond acceptors (Lipinski definition) is 3. The van der Waals surface area contributed by atoms with Crippen molar-refractivity contribution >= 4 is 28.7 Å². The van der Waals surface area contributed by atoms with Gasteiger partial charge in [0.05, 0.1) is 10.4 Å². The summed E-state index contributed by atoms with van der Waals surface area (Å²) in [5.74, 6) is 0.274. The predicted molar refractivity (Wildman–Crippen MR) is 60.9 cm³/mol. The van der Waals surface area contributed by atoms with Gasteiger partial charge in [-0.3, -0.25) is 4.79 Å². The highest BCUT2D eigenvalue weighted by molar-refractivity contribution is 7.16. The highest BCUT2D eigenvalue weighted by atomic mass is 35.5. The maximum absolute atomic E-state index is 11.6. The van der Waals surface area contributed by atoms with Crippen LogP contribution in [0.2, 0.25) is 4.34 Å². The van der Waals surface area contributed by atoms with E-state index in [1.807, 2.05) is 19.9 Å². The number of halogens is 1. The minimum Gasteiger partial charge on any atom is -0.321 e. The van der Waals surface area contributed by atoms with Crippen LogP contribution in [-0.2, 0) is 11.2 Å². The van der Waals surface area contributed by atoms with Gasteiger partial charge in [-0.1, -0.05) is 25.4 Å². The molecule has 78 valence electrons. The lowest BCUT2D eigenvalue weighted by Crippen LogP contribution is -2.36. The standard InChI is InChI=1S/C10H14ClNOS/c1-6(2)10(12)8(13)5-7-3-4-9(11)14-7/h3-4,6,10H,5,12H2,1-2H3. The van der Waals surface area contributed by atoms with Crippen LogP contribution in [-0.4, -0.2) is 11.8 Å². The summed E-state index contributed by atoms with van der Waals surface area (Å²) in [4.78, 5) is 12.6. The molecule has 0 bridgehead atoms. The molecule has 14 heavy (non-hydrogen) atoms. The van der Waals surface area contributed by atoms with Gasteiger partial charge < -0.3 is 5.73 Å². The van der Waals surface area contributed by atoms with Crippen LogP contribution in [0, 0.1) is 5.92 Å². The van der Waals surface area contributed by atoms with E-state index >= 15 is 0 Å². The van der Waals surface area contributed by atoms with Gasteiger partial charge in [0, 0.05) is 11.3 Å². The van der Waals surface area contributed by atoms with Crippen LogP contribution < -0.4 is 5.73 Å². The minimum absolute atomic E-state index is 0.0820. The topological polar surface area (TPSA) is 43.1 Å². The van der Waals surface area contributed by atoms with Crippen LogP contribution in [0.3, 0.4) is 0 Å². The van der Waals surface area contributed by atoms with Crippen molar-refractivity contribution in [3.63, 3.8) is 0 Å². The summed E-state index contributed by atoms with van der Waals surface area (Å²) in [6, 6.07) is 3.31. The molecule has 0 spiro atoms. The average Bonchev–Trinajstić information content (AvgIpc) is 2.49. The number of rotatable bonds is 4. The van der Waals surface area contributed by atoms with Crippen molar-refractivity contribution in [2.75, 3.05) is 0 Å². The van der Waals surface area contributed by atoms with Crippen molar-refractivity contribution in [1.82, 2.24) is 0 Å². The molecular formula is C10H14ClNOS. The fourth-order valence-electron chi connectivity index (χ4n) is 1.11. The fraction of sp³-hybridized carbons (Fsp3) is 0.500. The Morgan fingerprint density at radius 2 is 2.21 bits per heavy atom. The van der Waals surface area contributed by atoms with Gasteiger partial charge in [-0.05, 0) is 18.1 Å². The van der Waals surface area contributed by atoms with E-state index in [1.54, 1.807) is 6.07 Å². The molecule has 1 heterocycles. The lowest BCUT2D eigenvalue weighted by molar-refractivity contribution is -0.120. The van der Waals surface area contributed by atoms with Crippen LogP contribution in [0.25, 0.3) is 0 Å². The van der Waals surface area contributed by atoms with Crippen LogP contribution in [0.4, 0.5) is 0 Å². The molecule has 0 fully saturated rings. The summed E-state index contributed by atoms with van der Waals surface area (Å²) in [6.45, 7) is 3.90. The minimum atomic E-state index is -0.365. The Bertz CT molecular complexity index is 322. The Labute approximate surface area is 93.1 Å². The molecular weight excluding hydrogens is 218 g/mol. The lowest BCUT2D eigenvalue weighted by atomic mass is 9.99. The van der Waals surface area contributed by atoms with E-state index < -0.39 is 0 Å². The molecule has 1 atom stereocenters. The molecule has 1 unspecified atom stereocenters. The van der Waals surface area contributed by atoms with E-state index in [0.29, 0.717) is 10.8 Å². The van der Waals surface area contributed by atoms with Crippen molar-refractivity contribution in [1.29, 1.82) is 0 Å². The second-order valence-electron chi connectivity index (χ2n) is 3.62. The van der Waals surface area contributed by atoms with E-state index in [4.69, 9.17) is 17.3 Å². The monoisotopic (exact) mass is 231 g/mol. The Balaban J connectivity index is 2.57. The summed E-state index contributed by atoms with van der Waals surface area (Å²) < 4.78 is 0.714. The number of nitrogens with two attached hydrogens (primary N) is 1. The molecule has 0 radical (unpaired) electrons. The molecule has 0 saturated heterocycles. The van der Waals surface area contributed by atoms with E-state index in [-0.39, 0.29) is 17.7 Å². The molecule has 0 saturated carbocycles. The third-order valence-electron chi connectivity index (χ3n) is 2.07. The second kappa shape index (κ2) is 4.91. The average molecular weight is 232 g/mol. The van der Waals surface area contributed by atoms with Gasteiger partial charge >= 0.3 is 0 Å². The molecule has 4 heteroatoms. The smallest absolute Gasteiger partial charge is 0.154 e. The lowest BCUT2D eigenvalue weighted by Gasteiger charge is -2.13. The van der Waals surface area contributed by atoms with Crippen molar-refractivity contribution in [3.8, 4) is 0 Å². The second-order valence-corrected chi connectivity index (χ2v) is 5.42. The van der Waals surface area contributed by atoms with E-state index in [0.717, 1.165) is 4.88 Å². The van der Waals surface area contributed by atoms with Crippen LogP contribution >= 0.6 is 22.9 Å². The first-order valence-electron chi connectivity index (χ1n) is 4.53. The molecule has 0 amide bonds. The first-order valence-corrected chi connectivity index (χ1v) is 5.72. The van der Waals surface area contributed by atoms with Gasteiger partial charge in [-0.2, -0.15) is 0 Å². The zero-order valence-electron chi connectivity index (χ0n) is 8.29. The molecule has 1 rings (SSSR count). The Morgan fingerprint density at radius 1 is 1.57 bits per heavy atom. The van der Waals surface area contributed by atoms with E-state index in [9.17, 15) is 4.79 Å². The van der Waals surface area contributed by atoms with Gasteiger partial charge in [0.2, 0.25) is 0 Å². The highest BCUT2D eigenvalue weighted by Gasteiger charge is 2.17.